The van der Waals surface area contributed by atoms with Gasteiger partial charge < -0.3 is 14.5 Å². The monoisotopic (exact) mass is 368 g/mol. The lowest BCUT2D eigenvalue weighted by Gasteiger charge is -2.23. The number of nitrogens with zero attached hydrogens (tertiary/aromatic N) is 4. The number of anilines is 1. The number of likely N-dealkylation sites (N-methyl/N-ethyl adjacent to an activating group) is 1. The molecule has 3 heterocycles. The highest BCUT2D eigenvalue weighted by Gasteiger charge is 2.21. The van der Waals surface area contributed by atoms with Crippen LogP contribution < -0.4 is 4.90 Å². The van der Waals surface area contributed by atoms with Crippen LogP contribution in [0.15, 0.2) is 35.7 Å². The fourth-order valence-electron chi connectivity index (χ4n) is 3.48. The first-order valence-electron chi connectivity index (χ1n) is 9.02. The van der Waals surface area contributed by atoms with E-state index in [2.05, 4.69) is 52.6 Å². The van der Waals surface area contributed by atoms with E-state index in [-0.39, 0.29) is 0 Å². The second kappa shape index (κ2) is 7.70. The summed E-state index contributed by atoms with van der Waals surface area (Å²) in [6.45, 7) is 4.63. The van der Waals surface area contributed by atoms with Crippen molar-refractivity contribution >= 4 is 27.4 Å². The Balaban J connectivity index is 1.86. The fraction of sp³-hybridized carbons (Fsp3) is 0.400. The van der Waals surface area contributed by atoms with E-state index in [1.807, 2.05) is 0 Å². The molecule has 0 spiro atoms. The Labute approximate surface area is 158 Å². The normalized spacial score (nSPS) is 16.2. The minimum Gasteiger partial charge on any atom is -0.377 e. The van der Waals surface area contributed by atoms with Crippen LogP contribution in [0.25, 0.3) is 21.3 Å². The average molecular weight is 369 g/mol. The summed E-state index contributed by atoms with van der Waals surface area (Å²) >= 11 is 1.69. The summed E-state index contributed by atoms with van der Waals surface area (Å²) in [6, 6.07) is 10.5. The van der Waals surface area contributed by atoms with E-state index in [4.69, 9.17) is 14.7 Å². The molecule has 0 saturated carbocycles. The molecule has 1 aromatic carbocycles. The van der Waals surface area contributed by atoms with Crippen LogP contribution in [0.4, 0.5) is 5.82 Å². The molecule has 2 aromatic heterocycles. The molecule has 0 aliphatic carbocycles. The van der Waals surface area contributed by atoms with Gasteiger partial charge in [-0.15, -0.1) is 11.3 Å². The highest BCUT2D eigenvalue weighted by molar-refractivity contribution is 7.17. The topological polar surface area (TPSA) is 41.5 Å². The molecule has 1 aliphatic heterocycles. The molecule has 1 fully saturated rings. The third-order valence-corrected chi connectivity index (χ3v) is 5.71. The summed E-state index contributed by atoms with van der Waals surface area (Å²) in [6.07, 6.45) is 1.15. The van der Waals surface area contributed by atoms with E-state index in [1.165, 1.54) is 16.5 Å². The lowest BCUT2D eigenvalue weighted by molar-refractivity contribution is 0.178. The summed E-state index contributed by atoms with van der Waals surface area (Å²) in [5.74, 6) is 1.81. The zero-order chi connectivity index (χ0) is 17.9. The Morgan fingerprint density at radius 3 is 2.73 bits per heavy atom. The van der Waals surface area contributed by atoms with Crippen molar-refractivity contribution in [3.8, 4) is 11.1 Å². The van der Waals surface area contributed by atoms with Gasteiger partial charge in [0.15, 0.2) is 5.82 Å². The molecule has 6 heteroatoms. The van der Waals surface area contributed by atoms with E-state index < -0.39 is 0 Å². The largest absolute Gasteiger partial charge is 0.377 e. The van der Waals surface area contributed by atoms with Gasteiger partial charge >= 0.3 is 0 Å². The Morgan fingerprint density at radius 2 is 1.92 bits per heavy atom. The molecular formula is C20H24N4OS. The van der Waals surface area contributed by atoms with E-state index in [9.17, 15) is 0 Å². The van der Waals surface area contributed by atoms with Crippen molar-refractivity contribution in [3.05, 3.63) is 41.5 Å². The minimum atomic E-state index is 0.440. The van der Waals surface area contributed by atoms with Crippen LogP contribution in [0.2, 0.25) is 0 Å². The van der Waals surface area contributed by atoms with Crippen molar-refractivity contribution in [1.29, 1.82) is 0 Å². The molecular weight excluding hydrogens is 344 g/mol. The number of methoxy groups -OCH3 is 1. The van der Waals surface area contributed by atoms with Gasteiger partial charge in [0.25, 0.3) is 0 Å². The number of hydrogen-bond acceptors (Lipinski definition) is 6. The molecule has 26 heavy (non-hydrogen) atoms. The molecule has 4 rings (SSSR count). The van der Waals surface area contributed by atoms with Crippen LogP contribution in [0.3, 0.4) is 0 Å². The predicted octanol–water partition coefficient (Wildman–Crippen LogP) is 3.65. The van der Waals surface area contributed by atoms with E-state index in [1.54, 1.807) is 18.4 Å². The maximum atomic E-state index is 5.31. The summed E-state index contributed by atoms with van der Waals surface area (Å²) in [7, 11) is 3.88. The molecule has 0 radical (unpaired) electrons. The Kier molecular flexibility index (Phi) is 5.15. The van der Waals surface area contributed by atoms with Gasteiger partial charge in [0.05, 0.1) is 5.39 Å². The molecule has 1 saturated heterocycles. The molecule has 0 atom stereocenters. The molecule has 5 nitrogen and oxygen atoms in total. The predicted molar refractivity (Wildman–Crippen MR) is 108 cm³/mol. The van der Waals surface area contributed by atoms with Crippen molar-refractivity contribution < 1.29 is 4.74 Å². The first kappa shape index (κ1) is 17.4. The van der Waals surface area contributed by atoms with Gasteiger partial charge in [-0.1, -0.05) is 30.3 Å². The molecule has 0 bridgehead atoms. The minimum absolute atomic E-state index is 0.440. The summed E-state index contributed by atoms with van der Waals surface area (Å²) in [5.41, 5.74) is 2.44. The van der Waals surface area contributed by atoms with Crippen molar-refractivity contribution in [2.45, 2.75) is 13.0 Å². The van der Waals surface area contributed by atoms with Crippen molar-refractivity contribution in [3.63, 3.8) is 0 Å². The van der Waals surface area contributed by atoms with Crippen LogP contribution in [-0.4, -0.2) is 55.2 Å². The average Bonchev–Trinajstić information content (AvgIpc) is 2.97. The van der Waals surface area contributed by atoms with Gasteiger partial charge in [-0.3, -0.25) is 0 Å². The molecule has 0 amide bonds. The third-order valence-electron chi connectivity index (χ3n) is 4.84. The molecule has 0 unspecified atom stereocenters. The van der Waals surface area contributed by atoms with Gasteiger partial charge in [-0.05, 0) is 25.6 Å². The number of benzene rings is 1. The van der Waals surface area contributed by atoms with Crippen molar-refractivity contribution in [2.75, 3.05) is 45.2 Å². The zero-order valence-corrected chi connectivity index (χ0v) is 16.1. The highest BCUT2D eigenvalue weighted by atomic mass is 32.1. The van der Waals surface area contributed by atoms with Gasteiger partial charge in [-0.25, -0.2) is 9.97 Å². The smallest absolute Gasteiger partial charge is 0.158 e. The second-order valence-electron chi connectivity index (χ2n) is 6.74. The molecule has 136 valence electrons. The number of hydrogen-bond donors (Lipinski definition) is 0. The van der Waals surface area contributed by atoms with Gasteiger partial charge in [0.1, 0.15) is 17.3 Å². The first-order valence-corrected chi connectivity index (χ1v) is 9.90. The SMILES string of the molecule is COCc1nc(N2CCCN(C)CC2)c2c(-c3ccccc3)csc2n1. The highest BCUT2D eigenvalue weighted by Crippen LogP contribution is 2.38. The van der Waals surface area contributed by atoms with Crippen LogP contribution in [0, 0.1) is 0 Å². The maximum absolute atomic E-state index is 5.31. The summed E-state index contributed by atoms with van der Waals surface area (Å²) < 4.78 is 5.31. The quantitative estimate of drug-likeness (QED) is 0.703. The van der Waals surface area contributed by atoms with Crippen LogP contribution in [0.1, 0.15) is 12.2 Å². The zero-order valence-electron chi connectivity index (χ0n) is 15.3. The van der Waals surface area contributed by atoms with Gasteiger partial charge in [0, 0.05) is 37.7 Å². The molecule has 1 aliphatic rings. The lowest BCUT2D eigenvalue weighted by atomic mass is 10.1. The molecule has 3 aromatic rings. The third kappa shape index (κ3) is 3.45. The Bertz CT molecular complexity index is 880. The van der Waals surface area contributed by atoms with Crippen molar-refractivity contribution in [2.24, 2.45) is 0 Å². The number of ether oxygens (including phenoxy) is 1. The number of aromatic nitrogens is 2. The van der Waals surface area contributed by atoms with Crippen LogP contribution in [-0.2, 0) is 11.3 Å². The maximum Gasteiger partial charge on any atom is 0.158 e. The standard InChI is InChI=1S/C20H24N4OS/c1-23-9-6-10-24(12-11-23)19-18-16(15-7-4-3-5-8-15)14-26-20(18)22-17(21-19)13-25-2/h3-5,7-8,14H,6,9-13H2,1-2H3. The Hall–Kier alpha value is -2.02. The lowest BCUT2D eigenvalue weighted by Crippen LogP contribution is -2.30. The first-order chi connectivity index (χ1) is 12.8. The number of thiophene rings is 1. The van der Waals surface area contributed by atoms with Crippen LogP contribution >= 0.6 is 11.3 Å². The summed E-state index contributed by atoms with van der Waals surface area (Å²) in [5, 5.41) is 3.38. The van der Waals surface area contributed by atoms with Crippen molar-refractivity contribution in [1.82, 2.24) is 14.9 Å². The number of fused-ring (bicyclic) bond motifs is 1. The van der Waals surface area contributed by atoms with Gasteiger partial charge in [0.2, 0.25) is 0 Å². The van der Waals surface area contributed by atoms with Gasteiger partial charge in [-0.2, -0.15) is 0 Å². The van der Waals surface area contributed by atoms with E-state index in [0.29, 0.717) is 6.61 Å². The van der Waals surface area contributed by atoms with E-state index in [0.717, 1.165) is 49.1 Å². The fourth-order valence-corrected chi connectivity index (χ4v) is 4.44. The van der Waals surface area contributed by atoms with Crippen LogP contribution in [0.5, 0.6) is 0 Å². The molecule has 0 N–H and O–H groups in total. The number of rotatable bonds is 4. The second-order valence-corrected chi connectivity index (χ2v) is 7.59. The summed E-state index contributed by atoms with van der Waals surface area (Å²) in [4.78, 5) is 15.5. The van der Waals surface area contributed by atoms with E-state index >= 15 is 0 Å². The Morgan fingerprint density at radius 1 is 1.08 bits per heavy atom.